The molecule has 0 aliphatic heterocycles. The van der Waals surface area contributed by atoms with Crippen molar-refractivity contribution in [2.24, 2.45) is 46.2 Å². The van der Waals surface area contributed by atoms with Gasteiger partial charge in [0, 0.05) is 38.3 Å². The predicted octanol–water partition coefficient (Wildman–Crippen LogP) is 3.75. The van der Waals surface area contributed by atoms with Crippen LogP contribution in [-0.2, 0) is 4.79 Å². The van der Waals surface area contributed by atoms with Crippen molar-refractivity contribution in [2.45, 2.75) is 123 Å². The highest BCUT2D eigenvalue weighted by Gasteiger charge is 2.60. The van der Waals surface area contributed by atoms with E-state index in [1.54, 1.807) is 0 Å². The standard InChI is InChI=1S/C32H61N5O2/c1-22(2)37-30(39)11-10-29(38)28-9-8-26-25-7-6-23-20-24(36-17-5-16-34-18-19-35-21-33)12-14-31(23,3)27(25)13-15-32(26,28)4/h22-29,34-36,38H,5-21,33H2,1-4H3,(H,37,39)/t23?,24-,25?,26?,27?,28+,29+,31-,32-/m0/s1. The van der Waals surface area contributed by atoms with Crippen molar-refractivity contribution in [1.82, 2.24) is 21.3 Å². The molecule has 7 heteroatoms. The van der Waals surface area contributed by atoms with E-state index in [4.69, 9.17) is 5.73 Å². The fourth-order valence-electron chi connectivity index (χ4n) is 9.91. The van der Waals surface area contributed by atoms with Crippen molar-refractivity contribution < 1.29 is 9.90 Å². The second kappa shape index (κ2) is 14.0. The molecule has 0 aromatic heterocycles. The van der Waals surface area contributed by atoms with E-state index in [0.29, 0.717) is 36.9 Å². The Balaban J connectivity index is 1.26. The Morgan fingerprint density at radius 2 is 1.67 bits per heavy atom. The normalized spacial score (nSPS) is 38.6. The zero-order valence-corrected chi connectivity index (χ0v) is 25.6. The quantitative estimate of drug-likeness (QED) is 0.146. The number of carbonyl (C=O) groups is 1. The number of hydrogen-bond donors (Lipinski definition) is 6. The fourth-order valence-corrected chi connectivity index (χ4v) is 9.91. The molecule has 4 aliphatic rings. The van der Waals surface area contributed by atoms with Crippen LogP contribution in [0, 0.1) is 40.4 Å². The van der Waals surface area contributed by atoms with Gasteiger partial charge in [-0.15, -0.1) is 0 Å². The number of rotatable bonds is 14. The molecular formula is C32H61N5O2. The number of carbonyl (C=O) groups excluding carboxylic acids is 1. The molecule has 4 aliphatic carbocycles. The Bertz CT molecular complexity index is 780. The zero-order chi connectivity index (χ0) is 28.0. The van der Waals surface area contributed by atoms with Crippen LogP contribution in [0.15, 0.2) is 0 Å². The van der Waals surface area contributed by atoms with E-state index in [2.05, 4.69) is 35.1 Å². The van der Waals surface area contributed by atoms with Gasteiger partial charge in [-0.3, -0.25) is 4.79 Å². The van der Waals surface area contributed by atoms with Crippen molar-refractivity contribution in [3.05, 3.63) is 0 Å². The van der Waals surface area contributed by atoms with Crippen molar-refractivity contribution in [2.75, 3.05) is 32.8 Å². The molecule has 0 spiro atoms. The second-order valence-corrected chi connectivity index (χ2v) is 14.4. The predicted molar refractivity (Wildman–Crippen MR) is 160 cm³/mol. The molecule has 4 unspecified atom stereocenters. The van der Waals surface area contributed by atoms with Crippen molar-refractivity contribution in [3.63, 3.8) is 0 Å². The largest absolute Gasteiger partial charge is 0.393 e. The summed E-state index contributed by atoms with van der Waals surface area (Å²) in [6, 6.07) is 0.851. The highest BCUT2D eigenvalue weighted by Crippen LogP contribution is 2.67. The van der Waals surface area contributed by atoms with Gasteiger partial charge in [0.25, 0.3) is 0 Å². The smallest absolute Gasteiger partial charge is 0.220 e. The molecule has 4 fully saturated rings. The van der Waals surface area contributed by atoms with Gasteiger partial charge in [0.1, 0.15) is 0 Å². The van der Waals surface area contributed by atoms with Crippen molar-refractivity contribution in [3.8, 4) is 0 Å². The summed E-state index contributed by atoms with van der Waals surface area (Å²) in [6.45, 7) is 13.8. The SMILES string of the molecule is CC(C)NC(=O)CC[C@@H](O)[C@H]1CCC2C3CCC4C[C@@H](NCCCNCCNCN)CC[C@]4(C)C3CC[C@@]21C. The van der Waals surface area contributed by atoms with Gasteiger partial charge >= 0.3 is 0 Å². The van der Waals surface area contributed by atoms with Crippen molar-refractivity contribution in [1.29, 1.82) is 0 Å². The lowest BCUT2D eigenvalue weighted by Gasteiger charge is -2.61. The third-order valence-electron chi connectivity index (χ3n) is 11.9. The van der Waals surface area contributed by atoms with Crippen LogP contribution in [0.5, 0.6) is 0 Å². The van der Waals surface area contributed by atoms with E-state index >= 15 is 0 Å². The lowest BCUT2D eigenvalue weighted by molar-refractivity contribution is -0.126. The monoisotopic (exact) mass is 547 g/mol. The number of fused-ring (bicyclic) bond motifs is 5. The molecule has 4 saturated carbocycles. The van der Waals surface area contributed by atoms with Gasteiger partial charge < -0.3 is 32.1 Å². The molecule has 4 rings (SSSR count). The van der Waals surface area contributed by atoms with E-state index in [-0.39, 0.29) is 23.5 Å². The molecular weight excluding hydrogens is 486 g/mol. The van der Waals surface area contributed by atoms with Gasteiger partial charge in [0.05, 0.1) is 6.10 Å². The summed E-state index contributed by atoms with van der Waals surface area (Å²) >= 11 is 0. The van der Waals surface area contributed by atoms with Gasteiger partial charge in [-0.05, 0) is 138 Å². The maximum atomic E-state index is 12.2. The molecule has 7 N–H and O–H groups in total. The van der Waals surface area contributed by atoms with Gasteiger partial charge in [0.2, 0.25) is 5.91 Å². The number of aliphatic hydroxyl groups is 1. The average Bonchev–Trinajstić information content (AvgIpc) is 3.26. The Morgan fingerprint density at radius 3 is 2.44 bits per heavy atom. The highest BCUT2D eigenvalue weighted by molar-refractivity contribution is 5.76. The highest BCUT2D eigenvalue weighted by atomic mass is 16.3. The summed E-state index contributed by atoms with van der Waals surface area (Å²) in [5, 5.41) is 24.8. The molecule has 1 amide bonds. The first-order chi connectivity index (χ1) is 18.7. The third kappa shape index (κ3) is 7.20. The minimum absolute atomic E-state index is 0.0799. The first-order valence-corrected chi connectivity index (χ1v) is 16.5. The molecule has 0 aromatic carbocycles. The molecule has 9 atom stereocenters. The van der Waals surface area contributed by atoms with Crippen LogP contribution >= 0.6 is 0 Å². The van der Waals surface area contributed by atoms with Gasteiger partial charge in [-0.25, -0.2) is 0 Å². The fraction of sp³-hybridized carbons (Fsp3) is 0.969. The summed E-state index contributed by atoms with van der Waals surface area (Å²) in [5.41, 5.74) is 6.20. The van der Waals surface area contributed by atoms with Crippen molar-refractivity contribution >= 4 is 5.91 Å². The first-order valence-electron chi connectivity index (χ1n) is 16.5. The molecule has 0 radical (unpaired) electrons. The molecule has 0 aromatic rings. The van der Waals surface area contributed by atoms with Crippen LogP contribution in [-0.4, -0.2) is 62.0 Å². The zero-order valence-electron chi connectivity index (χ0n) is 25.6. The summed E-state index contributed by atoms with van der Waals surface area (Å²) in [6.07, 6.45) is 13.7. The average molecular weight is 548 g/mol. The lowest BCUT2D eigenvalue weighted by Crippen LogP contribution is -2.55. The van der Waals surface area contributed by atoms with E-state index in [9.17, 15) is 9.90 Å². The molecule has 39 heavy (non-hydrogen) atoms. The van der Waals surface area contributed by atoms with Crippen LogP contribution in [0.2, 0.25) is 0 Å². The molecule has 0 heterocycles. The number of nitrogens with one attached hydrogen (secondary N) is 4. The summed E-state index contributed by atoms with van der Waals surface area (Å²) in [5.74, 6) is 3.73. The third-order valence-corrected chi connectivity index (χ3v) is 11.9. The topological polar surface area (TPSA) is 111 Å². The summed E-state index contributed by atoms with van der Waals surface area (Å²) < 4.78 is 0. The lowest BCUT2D eigenvalue weighted by atomic mass is 9.44. The number of nitrogens with two attached hydrogens (primary N) is 1. The number of hydrogen-bond acceptors (Lipinski definition) is 6. The van der Waals surface area contributed by atoms with Crippen LogP contribution in [0.25, 0.3) is 0 Å². The minimum atomic E-state index is -0.347. The molecule has 226 valence electrons. The van der Waals surface area contributed by atoms with Gasteiger partial charge in [-0.2, -0.15) is 0 Å². The second-order valence-electron chi connectivity index (χ2n) is 14.4. The van der Waals surface area contributed by atoms with Gasteiger partial charge in [0.15, 0.2) is 0 Å². The Morgan fingerprint density at radius 1 is 0.923 bits per heavy atom. The minimum Gasteiger partial charge on any atom is -0.393 e. The number of aliphatic hydroxyl groups excluding tert-OH is 1. The Hall–Kier alpha value is -0.730. The molecule has 0 saturated heterocycles. The first kappa shape index (κ1) is 31.2. The summed E-state index contributed by atoms with van der Waals surface area (Å²) in [4.78, 5) is 12.2. The molecule has 7 nitrogen and oxygen atoms in total. The van der Waals surface area contributed by atoms with Crippen LogP contribution < -0.4 is 27.0 Å². The van der Waals surface area contributed by atoms with E-state index in [1.165, 1.54) is 57.8 Å². The molecule has 0 bridgehead atoms. The van der Waals surface area contributed by atoms with Gasteiger partial charge in [-0.1, -0.05) is 13.8 Å². The van der Waals surface area contributed by atoms with Crippen LogP contribution in [0.4, 0.5) is 0 Å². The number of amides is 1. The Kier molecular flexibility index (Phi) is 11.2. The summed E-state index contributed by atoms with van der Waals surface area (Å²) in [7, 11) is 0. The Labute approximate surface area is 239 Å². The maximum absolute atomic E-state index is 12.2. The van der Waals surface area contributed by atoms with Crippen LogP contribution in [0.3, 0.4) is 0 Å². The van der Waals surface area contributed by atoms with E-state index in [0.717, 1.165) is 56.3 Å². The van der Waals surface area contributed by atoms with E-state index in [1.807, 2.05) is 13.8 Å². The van der Waals surface area contributed by atoms with Crippen LogP contribution in [0.1, 0.15) is 105 Å². The maximum Gasteiger partial charge on any atom is 0.220 e. The van der Waals surface area contributed by atoms with E-state index < -0.39 is 0 Å².